The third-order valence-electron chi connectivity index (χ3n) is 3.74. The Balaban J connectivity index is 1.64. The van der Waals surface area contributed by atoms with Crippen LogP contribution in [-0.2, 0) is 4.79 Å². The maximum Gasteiger partial charge on any atom is 0.227 e. The van der Waals surface area contributed by atoms with Gasteiger partial charge in [-0.05, 0) is 42.7 Å². The molecule has 1 saturated heterocycles. The van der Waals surface area contributed by atoms with E-state index in [1.165, 1.54) is 11.5 Å². The highest BCUT2D eigenvalue weighted by Gasteiger charge is 2.28. The molecule has 3 rings (SSSR count). The average Bonchev–Trinajstić information content (AvgIpc) is 2.91. The Hall–Kier alpha value is -1.79. The van der Waals surface area contributed by atoms with E-state index in [9.17, 15) is 4.79 Å². The summed E-state index contributed by atoms with van der Waals surface area (Å²) in [4.78, 5) is 12.1. The first-order valence-electron chi connectivity index (χ1n) is 6.63. The van der Waals surface area contributed by atoms with Gasteiger partial charge in [-0.1, -0.05) is 23.5 Å². The highest BCUT2D eigenvalue weighted by atomic mass is 32.1. The van der Waals surface area contributed by atoms with Crippen LogP contribution >= 0.6 is 11.5 Å². The third kappa shape index (κ3) is 2.71. The summed E-state index contributed by atoms with van der Waals surface area (Å²) < 4.78 is 3.84. The standard InChI is InChI=1S/C14H16N4OS/c1-9(11-6-15-7-11)14(19)16-12-4-2-10(3-5-12)13-8-20-18-17-13/h2-5,8-9,11,15H,6-7H2,1H3,(H,16,19). The number of hydrogen-bond acceptors (Lipinski definition) is 5. The Kier molecular flexibility index (Phi) is 3.75. The van der Waals surface area contributed by atoms with Crippen molar-refractivity contribution in [2.45, 2.75) is 6.92 Å². The lowest BCUT2D eigenvalue weighted by Crippen LogP contribution is -2.48. The van der Waals surface area contributed by atoms with Crippen molar-refractivity contribution in [3.05, 3.63) is 29.6 Å². The lowest BCUT2D eigenvalue weighted by molar-refractivity contribution is -0.121. The molecule has 6 heteroatoms. The van der Waals surface area contributed by atoms with E-state index < -0.39 is 0 Å². The van der Waals surface area contributed by atoms with E-state index >= 15 is 0 Å². The van der Waals surface area contributed by atoms with Gasteiger partial charge in [0.2, 0.25) is 5.91 Å². The molecule has 1 amide bonds. The quantitative estimate of drug-likeness (QED) is 0.903. The monoisotopic (exact) mass is 288 g/mol. The van der Waals surface area contributed by atoms with Crippen LogP contribution in [0.15, 0.2) is 29.6 Å². The van der Waals surface area contributed by atoms with Gasteiger partial charge < -0.3 is 10.6 Å². The number of anilines is 1. The van der Waals surface area contributed by atoms with Crippen LogP contribution < -0.4 is 10.6 Å². The predicted octanol–water partition coefficient (Wildman–Crippen LogP) is 2.00. The molecule has 0 saturated carbocycles. The molecule has 0 spiro atoms. The van der Waals surface area contributed by atoms with Gasteiger partial charge in [0, 0.05) is 22.5 Å². The Morgan fingerprint density at radius 3 is 2.70 bits per heavy atom. The first-order valence-corrected chi connectivity index (χ1v) is 7.47. The number of benzene rings is 1. The molecule has 1 aromatic heterocycles. The number of amides is 1. The molecule has 0 aliphatic carbocycles. The van der Waals surface area contributed by atoms with E-state index in [1.807, 2.05) is 36.6 Å². The minimum absolute atomic E-state index is 0.0404. The Bertz CT molecular complexity index is 578. The van der Waals surface area contributed by atoms with Crippen molar-refractivity contribution in [1.29, 1.82) is 0 Å². The number of aromatic nitrogens is 2. The van der Waals surface area contributed by atoms with Crippen molar-refractivity contribution in [2.24, 2.45) is 11.8 Å². The molecule has 2 heterocycles. The van der Waals surface area contributed by atoms with Crippen LogP contribution in [0.3, 0.4) is 0 Å². The van der Waals surface area contributed by atoms with Gasteiger partial charge in [0.25, 0.3) is 0 Å². The molecular weight excluding hydrogens is 272 g/mol. The zero-order chi connectivity index (χ0) is 13.9. The number of hydrogen-bond donors (Lipinski definition) is 2. The van der Waals surface area contributed by atoms with Crippen molar-refractivity contribution in [3.63, 3.8) is 0 Å². The number of nitrogens with zero attached hydrogens (tertiary/aromatic N) is 2. The van der Waals surface area contributed by atoms with Gasteiger partial charge in [0.15, 0.2) is 0 Å². The van der Waals surface area contributed by atoms with E-state index in [1.54, 1.807) is 0 Å². The van der Waals surface area contributed by atoms with Crippen molar-refractivity contribution in [2.75, 3.05) is 18.4 Å². The van der Waals surface area contributed by atoms with Crippen molar-refractivity contribution >= 4 is 23.1 Å². The summed E-state index contributed by atoms with van der Waals surface area (Å²) in [5, 5.41) is 12.1. The summed E-state index contributed by atoms with van der Waals surface area (Å²) in [5.74, 6) is 0.577. The van der Waals surface area contributed by atoms with Gasteiger partial charge >= 0.3 is 0 Å². The fourth-order valence-corrected chi connectivity index (χ4v) is 2.61. The second kappa shape index (κ2) is 5.68. The van der Waals surface area contributed by atoms with Crippen molar-refractivity contribution < 1.29 is 4.79 Å². The molecular formula is C14H16N4OS. The molecule has 0 radical (unpaired) electrons. The van der Waals surface area contributed by atoms with Crippen LogP contribution in [0.4, 0.5) is 5.69 Å². The maximum atomic E-state index is 12.1. The Morgan fingerprint density at radius 1 is 1.40 bits per heavy atom. The summed E-state index contributed by atoms with van der Waals surface area (Å²) in [6.45, 7) is 3.85. The molecule has 2 N–H and O–H groups in total. The highest BCUT2D eigenvalue weighted by molar-refractivity contribution is 7.03. The second-order valence-electron chi connectivity index (χ2n) is 5.06. The van der Waals surface area contributed by atoms with Crippen LogP contribution in [0.5, 0.6) is 0 Å². The van der Waals surface area contributed by atoms with E-state index in [4.69, 9.17) is 0 Å². The molecule has 1 aliphatic rings. The van der Waals surface area contributed by atoms with Crippen LogP contribution in [0.1, 0.15) is 6.92 Å². The maximum absolute atomic E-state index is 12.1. The normalized spacial score (nSPS) is 16.4. The number of carbonyl (C=O) groups is 1. The van der Waals surface area contributed by atoms with E-state index in [0.29, 0.717) is 5.92 Å². The minimum atomic E-state index is 0.0404. The van der Waals surface area contributed by atoms with Crippen LogP contribution in [0.2, 0.25) is 0 Å². The largest absolute Gasteiger partial charge is 0.326 e. The Morgan fingerprint density at radius 2 is 2.15 bits per heavy atom. The molecule has 5 nitrogen and oxygen atoms in total. The fraction of sp³-hybridized carbons (Fsp3) is 0.357. The predicted molar refractivity (Wildman–Crippen MR) is 79.5 cm³/mol. The molecule has 2 aromatic rings. The molecule has 1 atom stereocenters. The van der Waals surface area contributed by atoms with Crippen LogP contribution in [-0.4, -0.2) is 28.6 Å². The molecule has 1 unspecified atom stereocenters. The van der Waals surface area contributed by atoms with Gasteiger partial charge in [-0.15, -0.1) is 5.10 Å². The van der Waals surface area contributed by atoms with Gasteiger partial charge in [-0.25, -0.2) is 0 Å². The molecule has 1 fully saturated rings. The van der Waals surface area contributed by atoms with Crippen molar-refractivity contribution in [3.8, 4) is 11.3 Å². The lowest BCUT2D eigenvalue weighted by atomic mass is 9.88. The number of nitrogens with one attached hydrogen (secondary N) is 2. The summed E-state index contributed by atoms with van der Waals surface area (Å²) in [6, 6.07) is 7.69. The third-order valence-corrected chi connectivity index (χ3v) is 4.25. The molecule has 1 aromatic carbocycles. The summed E-state index contributed by atoms with van der Waals surface area (Å²) in [6.07, 6.45) is 0. The summed E-state index contributed by atoms with van der Waals surface area (Å²) in [7, 11) is 0. The van der Waals surface area contributed by atoms with Gasteiger partial charge in [0.05, 0.1) is 0 Å². The molecule has 1 aliphatic heterocycles. The number of rotatable bonds is 4. The van der Waals surface area contributed by atoms with Crippen LogP contribution in [0.25, 0.3) is 11.3 Å². The smallest absolute Gasteiger partial charge is 0.227 e. The highest BCUT2D eigenvalue weighted by Crippen LogP contribution is 2.22. The first kappa shape index (κ1) is 13.2. The van der Waals surface area contributed by atoms with Crippen LogP contribution in [0, 0.1) is 11.8 Å². The van der Waals surface area contributed by atoms with Gasteiger partial charge in [0.1, 0.15) is 5.69 Å². The van der Waals surface area contributed by atoms with Gasteiger partial charge in [-0.2, -0.15) is 0 Å². The SMILES string of the molecule is CC(C(=O)Nc1ccc(-c2csnn2)cc1)C1CNC1. The lowest BCUT2D eigenvalue weighted by Gasteiger charge is -2.31. The zero-order valence-corrected chi connectivity index (χ0v) is 12.0. The Labute approximate surface area is 121 Å². The van der Waals surface area contributed by atoms with Gasteiger partial charge in [-0.3, -0.25) is 4.79 Å². The van der Waals surface area contributed by atoms with E-state index in [-0.39, 0.29) is 11.8 Å². The topological polar surface area (TPSA) is 66.9 Å². The molecule has 104 valence electrons. The molecule has 0 bridgehead atoms. The zero-order valence-electron chi connectivity index (χ0n) is 11.2. The number of carbonyl (C=O) groups excluding carboxylic acids is 1. The van der Waals surface area contributed by atoms with E-state index in [0.717, 1.165) is 30.0 Å². The minimum Gasteiger partial charge on any atom is -0.326 e. The first-order chi connectivity index (χ1) is 9.74. The fourth-order valence-electron chi connectivity index (χ4n) is 2.15. The van der Waals surface area contributed by atoms with Crippen molar-refractivity contribution in [1.82, 2.24) is 14.9 Å². The molecule has 20 heavy (non-hydrogen) atoms. The second-order valence-corrected chi connectivity index (χ2v) is 5.67. The average molecular weight is 288 g/mol. The summed E-state index contributed by atoms with van der Waals surface area (Å²) in [5.41, 5.74) is 2.69. The van der Waals surface area contributed by atoms with E-state index in [2.05, 4.69) is 20.2 Å². The summed E-state index contributed by atoms with van der Waals surface area (Å²) >= 11 is 1.33.